The number of phenols is 1. The number of nitrogens with zero attached hydrogens (tertiary/aromatic N) is 1. The lowest BCUT2D eigenvalue weighted by Crippen LogP contribution is -2.30. The molecule has 33 heavy (non-hydrogen) atoms. The van der Waals surface area contributed by atoms with E-state index in [9.17, 15) is 19.5 Å². The smallest absolute Gasteiger partial charge is 0.266 e. The zero-order valence-corrected chi connectivity index (χ0v) is 17.8. The van der Waals surface area contributed by atoms with Crippen molar-refractivity contribution in [1.29, 1.82) is 0 Å². The molecule has 0 saturated carbocycles. The van der Waals surface area contributed by atoms with Crippen LogP contribution in [0.5, 0.6) is 5.75 Å². The van der Waals surface area contributed by atoms with Gasteiger partial charge in [0, 0.05) is 18.1 Å². The minimum atomic E-state index is -0.508. The number of amides is 3. The van der Waals surface area contributed by atoms with Gasteiger partial charge in [-0.25, -0.2) is 4.90 Å². The normalized spacial score (nSPS) is 15.2. The zero-order valence-electron chi connectivity index (χ0n) is 17.8. The molecule has 7 nitrogen and oxygen atoms in total. The third kappa shape index (κ3) is 3.53. The molecule has 0 bridgehead atoms. The molecule has 1 heterocycles. The molecule has 7 heteroatoms. The third-order valence-corrected chi connectivity index (χ3v) is 5.89. The number of phenolic OH excluding ortho intramolecular Hbond substituents is 1. The average molecular weight is 440 g/mol. The number of hydrogen-bond acceptors (Lipinski definition) is 5. The van der Waals surface area contributed by atoms with Gasteiger partial charge in [0.05, 0.1) is 35.4 Å². The van der Waals surface area contributed by atoms with E-state index < -0.39 is 11.8 Å². The Morgan fingerprint density at radius 3 is 2.18 bits per heavy atom. The van der Waals surface area contributed by atoms with E-state index in [1.54, 1.807) is 31.4 Å². The van der Waals surface area contributed by atoms with Crippen molar-refractivity contribution < 1.29 is 24.2 Å². The number of hydrogen-bond donors (Lipinski definition) is 2. The van der Waals surface area contributed by atoms with Gasteiger partial charge in [-0.2, -0.15) is 0 Å². The van der Waals surface area contributed by atoms with Crippen LogP contribution in [0.15, 0.2) is 78.1 Å². The summed E-state index contributed by atoms with van der Waals surface area (Å²) in [6.45, 7) is 0. The number of fused-ring (bicyclic) bond motifs is 2. The van der Waals surface area contributed by atoms with E-state index in [2.05, 4.69) is 5.32 Å². The molecule has 0 aromatic heterocycles. The number of allylic oxidation sites excluding steroid dienone is 3. The zero-order chi connectivity index (χ0) is 23.1. The topological polar surface area (TPSA) is 95.9 Å². The fourth-order valence-corrected chi connectivity index (χ4v) is 4.14. The second-order valence-electron chi connectivity index (χ2n) is 7.88. The third-order valence-electron chi connectivity index (χ3n) is 5.89. The van der Waals surface area contributed by atoms with Crippen LogP contribution in [0.3, 0.4) is 0 Å². The summed E-state index contributed by atoms with van der Waals surface area (Å²) >= 11 is 0. The van der Waals surface area contributed by atoms with Crippen LogP contribution in [-0.4, -0.2) is 29.9 Å². The van der Waals surface area contributed by atoms with Crippen LogP contribution in [0.1, 0.15) is 33.6 Å². The molecule has 5 rings (SSSR count). The van der Waals surface area contributed by atoms with Gasteiger partial charge >= 0.3 is 0 Å². The van der Waals surface area contributed by atoms with Crippen LogP contribution >= 0.6 is 0 Å². The summed E-state index contributed by atoms with van der Waals surface area (Å²) in [7, 11) is 1.58. The van der Waals surface area contributed by atoms with Gasteiger partial charge in [0.1, 0.15) is 5.75 Å². The van der Waals surface area contributed by atoms with Gasteiger partial charge in [0.15, 0.2) is 0 Å². The van der Waals surface area contributed by atoms with Crippen LogP contribution in [0.25, 0.3) is 10.8 Å². The molecule has 3 aromatic carbocycles. The standard InChI is InChI=1S/C26H20N2O5/c1-33-19-9-6-15(7-10-19)24(30)27-22-11-8-18(29)14-23(22)28-25(31)20-12-16-4-2-3-5-17(16)13-21(20)26(28)32/h2-6,8-9,11-14,29H,7,10H2,1H3,(H,27,30). The lowest BCUT2D eigenvalue weighted by atomic mass is 10.0. The molecule has 2 aliphatic rings. The van der Waals surface area contributed by atoms with Crippen molar-refractivity contribution in [3.05, 3.63) is 89.2 Å². The van der Waals surface area contributed by atoms with Gasteiger partial charge in [0.2, 0.25) is 0 Å². The molecular formula is C26H20N2O5. The Morgan fingerprint density at radius 2 is 1.61 bits per heavy atom. The second-order valence-corrected chi connectivity index (χ2v) is 7.88. The summed E-state index contributed by atoms with van der Waals surface area (Å²) < 4.78 is 5.20. The number of carbonyl (C=O) groups excluding carboxylic acids is 3. The lowest BCUT2D eigenvalue weighted by Gasteiger charge is -2.20. The Morgan fingerprint density at radius 1 is 0.939 bits per heavy atom. The van der Waals surface area contributed by atoms with Gasteiger partial charge in [-0.1, -0.05) is 30.3 Å². The number of methoxy groups -OCH3 is 1. The summed E-state index contributed by atoms with van der Waals surface area (Å²) in [5.41, 5.74) is 1.48. The quantitative estimate of drug-likeness (QED) is 0.459. The highest BCUT2D eigenvalue weighted by Gasteiger charge is 2.38. The molecule has 3 amide bonds. The van der Waals surface area contributed by atoms with E-state index >= 15 is 0 Å². The van der Waals surface area contributed by atoms with Crippen molar-refractivity contribution in [3.8, 4) is 5.75 Å². The van der Waals surface area contributed by atoms with E-state index in [1.807, 2.05) is 24.3 Å². The highest BCUT2D eigenvalue weighted by Crippen LogP contribution is 2.37. The van der Waals surface area contributed by atoms with E-state index in [-0.39, 0.29) is 34.2 Å². The average Bonchev–Trinajstić information content (AvgIpc) is 3.08. The largest absolute Gasteiger partial charge is 0.508 e. The van der Waals surface area contributed by atoms with Crippen molar-refractivity contribution in [3.63, 3.8) is 0 Å². The minimum Gasteiger partial charge on any atom is -0.508 e. The predicted molar refractivity (Wildman–Crippen MR) is 124 cm³/mol. The number of aromatic hydroxyl groups is 1. The number of anilines is 2. The van der Waals surface area contributed by atoms with Gasteiger partial charge < -0.3 is 15.2 Å². The van der Waals surface area contributed by atoms with Crippen molar-refractivity contribution in [2.45, 2.75) is 12.8 Å². The molecule has 0 radical (unpaired) electrons. The second kappa shape index (κ2) is 7.94. The van der Waals surface area contributed by atoms with E-state index in [1.165, 1.54) is 18.2 Å². The number of ether oxygens (including phenoxy) is 1. The highest BCUT2D eigenvalue weighted by atomic mass is 16.5. The first-order chi connectivity index (χ1) is 16.0. The van der Waals surface area contributed by atoms with Crippen molar-refractivity contribution in [2.24, 2.45) is 0 Å². The van der Waals surface area contributed by atoms with E-state index in [0.717, 1.165) is 21.4 Å². The molecule has 164 valence electrons. The fourth-order valence-electron chi connectivity index (χ4n) is 4.14. The number of rotatable bonds is 4. The van der Waals surface area contributed by atoms with E-state index in [4.69, 9.17) is 4.74 Å². The Bertz CT molecular complexity index is 1350. The van der Waals surface area contributed by atoms with Crippen LogP contribution in [-0.2, 0) is 9.53 Å². The molecule has 0 atom stereocenters. The predicted octanol–water partition coefficient (Wildman–Crippen LogP) is 4.54. The van der Waals surface area contributed by atoms with Crippen molar-refractivity contribution in [1.82, 2.24) is 0 Å². The van der Waals surface area contributed by atoms with E-state index in [0.29, 0.717) is 18.4 Å². The minimum absolute atomic E-state index is 0.114. The summed E-state index contributed by atoms with van der Waals surface area (Å²) in [6.07, 6.45) is 4.53. The van der Waals surface area contributed by atoms with Gasteiger partial charge in [-0.3, -0.25) is 14.4 Å². The summed E-state index contributed by atoms with van der Waals surface area (Å²) in [5.74, 6) is -0.710. The molecule has 1 aliphatic carbocycles. The maximum absolute atomic E-state index is 13.2. The molecule has 0 unspecified atom stereocenters. The molecule has 0 saturated heterocycles. The molecule has 1 aliphatic heterocycles. The summed E-state index contributed by atoms with van der Waals surface area (Å²) in [5, 5.41) is 14.6. The Hall–Kier alpha value is -4.39. The maximum Gasteiger partial charge on any atom is 0.266 e. The molecule has 2 N–H and O–H groups in total. The molecular weight excluding hydrogens is 420 g/mol. The van der Waals surface area contributed by atoms with Crippen LogP contribution in [0, 0.1) is 0 Å². The van der Waals surface area contributed by atoms with Crippen LogP contribution < -0.4 is 10.2 Å². The number of carbonyl (C=O) groups is 3. The van der Waals surface area contributed by atoms with Gasteiger partial charge in [-0.15, -0.1) is 0 Å². The Kier molecular flexibility index (Phi) is 4.94. The number of benzene rings is 3. The fraction of sp³-hybridized carbons (Fsp3) is 0.115. The molecule has 0 fully saturated rings. The van der Waals surface area contributed by atoms with Crippen LogP contribution in [0.4, 0.5) is 11.4 Å². The van der Waals surface area contributed by atoms with Crippen molar-refractivity contribution in [2.75, 3.05) is 17.3 Å². The molecule has 0 spiro atoms. The number of nitrogens with one attached hydrogen (secondary N) is 1. The summed E-state index contributed by atoms with van der Waals surface area (Å²) in [6, 6.07) is 15.0. The lowest BCUT2D eigenvalue weighted by molar-refractivity contribution is -0.113. The SMILES string of the molecule is COC1=CC=C(C(=O)Nc2ccc(O)cc2N2C(=O)c3cc4ccccc4cc3C2=O)CC1. The maximum atomic E-state index is 13.2. The monoisotopic (exact) mass is 440 g/mol. The van der Waals surface area contributed by atoms with Crippen LogP contribution in [0.2, 0.25) is 0 Å². The first kappa shape index (κ1) is 20.5. The molecule has 3 aromatic rings. The first-order valence-corrected chi connectivity index (χ1v) is 10.5. The van der Waals surface area contributed by atoms with Gasteiger partial charge in [-0.05, 0) is 47.5 Å². The number of imide groups is 1. The van der Waals surface area contributed by atoms with Gasteiger partial charge in [0.25, 0.3) is 17.7 Å². The summed E-state index contributed by atoms with van der Waals surface area (Å²) in [4.78, 5) is 40.3. The Labute approximate surface area is 189 Å². The highest BCUT2D eigenvalue weighted by molar-refractivity contribution is 6.36. The first-order valence-electron chi connectivity index (χ1n) is 10.5. The Balaban J connectivity index is 1.51. The van der Waals surface area contributed by atoms with Crippen molar-refractivity contribution >= 4 is 39.9 Å².